The summed E-state index contributed by atoms with van der Waals surface area (Å²) < 4.78 is 0. The monoisotopic (exact) mass is 293 g/mol. The van der Waals surface area contributed by atoms with Crippen LogP contribution in [0.3, 0.4) is 0 Å². The van der Waals surface area contributed by atoms with Crippen LogP contribution in [0.15, 0.2) is 24.3 Å². The molecular formula is C14H19N3O4. The summed E-state index contributed by atoms with van der Waals surface area (Å²) in [5.74, 6) is -1.85. The van der Waals surface area contributed by atoms with Crippen LogP contribution in [0.25, 0.3) is 0 Å². The van der Waals surface area contributed by atoms with Crippen LogP contribution in [-0.4, -0.2) is 28.9 Å². The number of nitrogens with two attached hydrogens (primary N) is 1. The van der Waals surface area contributed by atoms with Gasteiger partial charge in [0, 0.05) is 12.6 Å². The van der Waals surface area contributed by atoms with E-state index >= 15 is 0 Å². The number of aliphatic carboxylic acids is 1. The van der Waals surface area contributed by atoms with Crippen molar-refractivity contribution in [3.63, 3.8) is 0 Å². The molecule has 114 valence electrons. The molecular weight excluding hydrogens is 274 g/mol. The molecule has 0 saturated heterocycles. The van der Waals surface area contributed by atoms with Gasteiger partial charge in [-0.05, 0) is 24.6 Å². The number of anilines is 1. The van der Waals surface area contributed by atoms with E-state index in [1.165, 1.54) is 6.92 Å². The minimum Gasteiger partial charge on any atom is -0.481 e. The van der Waals surface area contributed by atoms with Gasteiger partial charge in [-0.3, -0.25) is 14.4 Å². The Bertz CT molecular complexity index is 545. The number of hydrogen-bond acceptors (Lipinski definition) is 4. The van der Waals surface area contributed by atoms with Gasteiger partial charge in [-0.1, -0.05) is 12.1 Å². The maximum atomic E-state index is 11.8. The number of carboxylic acid groups (broad SMARTS) is 1. The topological polar surface area (TPSA) is 122 Å². The molecule has 0 fully saturated rings. The molecule has 0 aliphatic carbocycles. The molecule has 7 heteroatoms. The highest BCUT2D eigenvalue weighted by Crippen LogP contribution is 2.17. The summed E-state index contributed by atoms with van der Waals surface area (Å²) in [5.41, 5.74) is 6.89. The van der Waals surface area contributed by atoms with Gasteiger partial charge in [-0.25, -0.2) is 0 Å². The van der Waals surface area contributed by atoms with Crippen LogP contribution in [0.1, 0.15) is 31.9 Å². The van der Waals surface area contributed by atoms with E-state index in [1.807, 2.05) is 0 Å². The van der Waals surface area contributed by atoms with Crippen molar-refractivity contribution >= 4 is 23.5 Å². The van der Waals surface area contributed by atoms with Crippen LogP contribution < -0.4 is 16.4 Å². The molecule has 0 aliphatic heterocycles. The highest BCUT2D eigenvalue weighted by Gasteiger charge is 2.19. The standard InChI is InChI=1S/C14H19N3O4/c1-8(16-14(21)12(15)7-13(19)20)10-4-3-5-11(6-10)17-9(2)18/h3-6,8,12H,7,15H2,1-2H3,(H,16,21)(H,17,18)(H,19,20). The Morgan fingerprint density at radius 3 is 2.57 bits per heavy atom. The van der Waals surface area contributed by atoms with Crippen molar-refractivity contribution in [3.8, 4) is 0 Å². The number of carbonyl (C=O) groups is 3. The second-order valence-electron chi connectivity index (χ2n) is 4.74. The Morgan fingerprint density at radius 2 is 2.00 bits per heavy atom. The Morgan fingerprint density at radius 1 is 1.33 bits per heavy atom. The van der Waals surface area contributed by atoms with Crippen LogP contribution >= 0.6 is 0 Å². The van der Waals surface area contributed by atoms with E-state index in [9.17, 15) is 14.4 Å². The molecule has 2 unspecified atom stereocenters. The van der Waals surface area contributed by atoms with Crippen LogP contribution in [0, 0.1) is 0 Å². The third-order valence-electron chi connectivity index (χ3n) is 2.80. The first-order valence-electron chi connectivity index (χ1n) is 6.45. The molecule has 0 aromatic heterocycles. The molecule has 0 aliphatic rings. The van der Waals surface area contributed by atoms with Gasteiger partial charge < -0.3 is 21.5 Å². The Balaban J connectivity index is 2.70. The molecule has 0 bridgehead atoms. The van der Waals surface area contributed by atoms with Crippen molar-refractivity contribution in [2.24, 2.45) is 5.73 Å². The average Bonchev–Trinajstić information content (AvgIpc) is 2.37. The van der Waals surface area contributed by atoms with Crippen molar-refractivity contribution in [1.29, 1.82) is 0 Å². The number of carboxylic acids is 1. The highest BCUT2D eigenvalue weighted by molar-refractivity contribution is 5.89. The van der Waals surface area contributed by atoms with Gasteiger partial charge in [0.2, 0.25) is 11.8 Å². The number of hydrogen-bond donors (Lipinski definition) is 4. The van der Waals surface area contributed by atoms with Gasteiger partial charge in [0.15, 0.2) is 0 Å². The summed E-state index contributed by atoms with van der Waals surface area (Å²) >= 11 is 0. The van der Waals surface area contributed by atoms with Gasteiger partial charge in [0.25, 0.3) is 0 Å². The largest absolute Gasteiger partial charge is 0.481 e. The zero-order chi connectivity index (χ0) is 16.0. The first-order valence-corrected chi connectivity index (χ1v) is 6.45. The molecule has 21 heavy (non-hydrogen) atoms. The molecule has 0 saturated carbocycles. The molecule has 2 amide bonds. The van der Waals surface area contributed by atoms with Gasteiger partial charge >= 0.3 is 5.97 Å². The predicted octanol–water partition coefficient (Wildman–Crippen LogP) is 0.624. The fourth-order valence-corrected chi connectivity index (χ4v) is 1.77. The van der Waals surface area contributed by atoms with Crippen LogP contribution in [0.5, 0.6) is 0 Å². The summed E-state index contributed by atoms with van der Waals surface area (Å²) in [4.78, 5) is 33.3. The Labute approximate surface area is 122 Å². The second kappa shape index (κ2) is 7.39. The van der Waals surface area contributed by atoms with Crippen LogP contribution in [0.4, 0.5) is 5.69 Å². The SMILES string of the molecule is CC(=O)Nc1cccc(C(C)NC(=O)C(N)CC(=O)O)c1. The molecule has 5 N–H and O–H groups in total. The number of carbonyl (C=O) groups excluding carboxylic acids is 2. The molecule has 1 rings (SSSR count). The van der Waals surface area contributed by atoms with E-state index in [4.69, 9.17) is 10.8 Å². The maximum absolute atomic E-state index is 11.8. The second-order valence-corrected chi connectivity index (χ2v) is 4.74. The van der Waals surface area contributed by atoms with Gasteiger partial charge in [-0.15, -0.1) is 0 Å². The predicted molar refractivity (Wildman–Crippen MR) is 77.5 cm³/mol. The highest BCUT2D eigenvalue weighted by atomic mass is 16.4. The summed E-state index contributed by atoms with van der Waals surface area (Å²) in [6.45, 7) is 3.15. The summed E-state index contributed by atoms with van der Waals surface area (Å²) in [6, 6.07) is 5.55. The lowest BCUT2D eigenvalue weighted by atomic mass is 10.1. The first-order chi connectivity index (χ1) is 9.79. The summed E-state index contributed by atoms with van der Waals surface area (Å²) in [6.07, 6.45) is -0.426. The molecule has 0 heterocycles. The summed E-state index contributed by atoms with van der Waals surface area (Å²) in [7, 11) is 0. The van der Waals surface area contributed by atoms with E-state index < -0.39 is 24.3 Å². The van der Waals surface area contributed by atoms with Gasteiger partial charge in [-0.2, -0.15) is 0 Å². The smallest absolute Gasteiger partial charge is 0.305 e. The minimum atomic E-state index is -1.13. The maximum Gasteiger partial charge on any atom is 0.305 e. The van der Waals surface area contributed by atoms with Gasteiger partial charge in [0.05, 0.1) is 18.5 Å². The van der Waals surface area contributed by atoms with Gasteiger partial charge in [0.1, 0.15) is 0 Å². The molecule has 0 spiro atoms. The number of benzene rings is 1. The third-order valence-corrected chi connectivity index (χ3v) is 2.80. The van der Waals surface area contributed by atoms with Crippen molar-refractivity contribution in [2.75, 3.05) is 5.32 Å². The zero-order valence-electron chi connectivity index (χ0n) is 11.9. The Kier molecular flexibility index (Phi) is 5.86. The number of rotatable bonds is 6. The van der Waals surface area contributed by atoms with E-state index in [-0.39, 0.29) is 11.9 Å². The normalized spacial score (nSPS) is 13.1. The minimum absolute atomic E-state index is 0.188. The number of nitrogens with one attached hydrogen (secondary N) is 2. The van der Waals surface area contributed by atoms with Crippen molar-refractivity contribution in [2.45, 2.75) is 32.4 Å². The van der Waals surface area contributed by atoms with Crippen LogP contribution in [0.2, 0.25) is 0 Å². The Hall–Kier alpha value is -2.41. The van der Waals surface area contributed by atoms with E-state index in [0.29, 0.717) is 5.69 Å². The third kappa shape index (κ3) is 5.62. The lowest BCUT2D eigenvalue weighted by molar-refractivity contribution is -0.139. The van der Waals surface area contributed by atoms with E-state index in [2.05, 4.69) is 10.6 Å². The zero-order valence-corrected chi connectivity index (χ0v) is 11.9. The quantitative estimate of drug-likeness (QED) is 0.612. The average molecular weight is 293 g/mol. The molecule has 1 aromatic rings. The molecule has 0 radical (unpaired) electrons. The number of amides is 2. The fourth-order valence-electron chi connectivity index (χ4n) is 1.77. The van der Waals surface area contributed by atoms with Crippen molar-refractivity contribution in [1.82, 2.24) is 5.32 Å². The molecule has 7 nitrogen and oxygen atoms in total. The lowest BCUT2D eigenvalue weighted by Gasteiger charge is -2.17. The van der Waals surface area contributed by atoms with Crippen molar-refractivity contribution in [3.05, 3.63) is 29.8 Å². The summed E-state index contributed by atoms with van der Waals surface area (Å²) in [5, 5.41) is 13.9. The van der Waals surface area contributed by atoms with E-state index in [1.54, 1.807) is 31.2 Å². The first kappa shape index (κ1) is 16.6. The van der Waals surface area contributed by atoms with Crippen molar-refractivity contribution < 1.29 is 19.5 Å². The van der Waals surface area contributed by atoms with E-state index in [0.717, 1.165) is 5.56 Å². The fraction of sp³-hybridized carbons (Fsp3) is 0.357. The lowest BCUT2D eigenvalue weighted by Crippen LogP contribution is -2.42. The molecule has 2 atom stereocenters. The molecule has 1 aromatic carbocycles. The van der Waals surface area contributed by atoms with Crippen LogP contribution in [-0.2, 0) is 14.4 Å².